The molecule has 1 aromatic rings. The molecule has 0 bridgehead atoms. The minimum absolute atomic E-state index is 0.634. The Labute approximate surface area is 68.3 Å². The molecule has 2 heteroatoms. The largest absolute Gasteiger partial charge is 0.338 e. The van der Waals surface area contributed by atoms with Crippen molar-refractivity contribution in [3.8, 4) is 0 Å². The Hall–Kier alpha value is -0.790. The van der Waals surface area contributed by atoms with Crippen LogP contribution in [0.2, 0.25) is 0 Å². The van der Waals surface area contributed by atoms with Gasteiger partial charge in [-0.1, -0.05) is 13.8 Å². The van der Waals surface area contributed by atoms with Gasteiger partial charge in [0, 0.05) is 25.4 Å². The molecule has 1 rings (SSSR count). The molecule has 2 nitrogen and oxygen atoms in total. The van der Waals surface area contributed by atoms with Gasteiger partial charge in [-0.25, -0.2) is 4.98 Å². The number of aryl methyl sites for hydroxylation is 1. The third-order valence-electron chi connectivity index (χ3n) is 2.21. The summed E-state index contributed by atoms with van der Waals surface area (Å²) in [4.78, 5) is 4.32. The van der Waals surface area contributed by atoms with Crippen LogP contribution >= 0.6 is 0 Å². The number of hydrogen-bond acceptors (Lipinski definition) is 1. The first-order valence-corrected chi connectivity index (χ1v) is 4.26. The van der Waals surface area contributed by atoms with Gasteiger partial charge in [-0.05, 0) is 12.8 Å². The standard InChI is InChI=1S/C9H16N2/c1-4-8(5-2)9-10-6-7-11(9)3/h6-8H,4-5H2,1-3H3. The van der Waals surface area contributed by atoms with E-state index in [-0.39, 0.29) is 0 Å². The second kappa shape index (κ2) is 3.56. The monoisotopic (exact) mass is 152 g/mol. The molecule has 0 aliphatic heterocycles. The van der Waals surface area contributed by atoms with Crippen molar-refractivity contribution in [1.82, 2.24) is 9.55 Å². The van der Waals surface area contributed by atoms with E-state index in [1.807, 2.05) is 12.4 Å². The molecular formula is C9H16N2. The molecule has 0 unspecified atom stereocenters. The normalized spacial score (nSPS) is 10.9. The van der Waals surface area contributed by atoms with E-state index in [9.17, 15) is 0 Å². The maximum atomic E-state index is 4.32. The van der Waals surface area contributed by atoms with Crippen molar-refractivity contribution in [2.24, 2.45) is 7.05 Å². The van der Waals surface area contributed by atoms with Crippen LogP contribution in [-0.4, -0.2) is 9.55 Å². The predicted molar refractivity (Wildman–Crippen MR) is 46.5 cm³/mol. The van der Waals surface area contributed by atoms with Gasteiger partial charge in [0.15, 0.2) is 0 Å². The van der Waals surface area contributed by atoms with E-state index < -0.39 is 0 Å². The molecular weight excluding hydrogens is 136 g/mol. The molecule has 0 aromatic carbocycles. The molecule has 0 atom stereocenters. The Morgan fingerprint density at radius 1 is 1.45 bits per heavy atom. The molecule has 11 heavy (non-hydrogen) atoms. The number of nitrogens with zero attached hydrogens (tertiary/aromatic N) is 2. The lowest BCUT2D eigenvalue weighted by molar-refractivity contribution is 0.578. The van der Waals surface area contributed by atoms with Gasteiger partial charge >= 0.3 is 0 Å². The molecule has 1 heterocycles. The first-order chi connectivity index (χ1) is 5.29. The van der Waals surface area contributed by atoms with Crippen LogP contribution in [0.25, 0.3) is 0 Å². The van der Waals surface area contributed by atoms with E-state index in [1.54, 1.807) is 0 Å². The smallest absolute Gasteiger partial charge is 0.111 e. The fraction of sp³-hybridized carbons (Fsp3) is 0.667. The second-order valence-electron chi connectivity index (χ2n) is 2.91. The molecule has 0 aliphatic carbocycles. The van der Waals surface area contributed by atoms with Gasteiger partial charge in [0.1, 0.15) is 5.82 Å². The Balaban J connectivity index is 2.81. The summed E-state index contributed by atoms with van der Waals surface area (Å²) in [6.45, 7) is 4.42. The van der Waals surface area contributed by atoms with Gasteiger partial charge in [-0.15, -0.1) is 0 Å². The Kier molecular flexibility index (Phi) is 2.69. The fourth-order valence-electron chi connectivity index (χ4n) is 1.42. The molecule has 0 N–H and O–H groups in total. The molecule has 0 radical (unpaired) electrons. The lowest BCUT2D eigenvalue weighted by atomic mass is 10.0. The van der Waals surface area contributed by atoms with E-state index in [2.05, 4.69) is 30.4 Å². The molecule has 0 spiro atoms. The summed E-state index contributed by atoms with van der Waals surface area (Å²) in [7, 11) is 2.06. The van der Waals surface area contributed by atoms with E-state index in [4.69, 9.17) is 0 Å². The quantitative estimate of drug-likeness (QED) is 0.650. The topological polar surface area (TPSA) is 17.8 Å². The average Bonchev–Trinajstić information content (AvgIpc) is 2.40. The Bertz CT molecular complexity index is 211. The van der Waals surface area contributed by atoms with Crippen LogP contribution in [0.4, 0.5) is 0 Å². The lowest BCUT2D eigenvalue weighted by Gasteiger charge is -2.11. The summed E-state index contributed by atoms with van der Waals surface area (Å²) in [5, 5.41) is 0. The van der Waals surface area contributed by atoms with Gasteiger partial charge in [0.25, 0.3) is 0 Å². The highest BCUT2D eigenvalue weighted by Gasteiger charge is 2.10. The summed E-state index contributed by atoms with van der Waals surface area (Å²) >= 11 is 0. The van der Waals surface area contributed by atoms with Gasteiger partial charge in [-0.3, -0.25) is 0 Å². The number of imidazole rings is 1. The van der Waals surface area contributed by atoms with Crippen molar-refractivity contribution < 1.29 is 0 Å². The fourth-order valence-corrected chi connectivity index (χ4v) is 1.42. The number of aromatic nitrogens is 2. The predicted octanol–water partition coefficient (Wildman–Crippen LogP) is 2.32. The summed E-state index contributed by atoms with van der Waals surface area (Å²) in [6, 6.07) is 0. The molecule has 0 fully saturated rings. The third kappa shape index (κ3) is 1.62. The van der Waals surface area contributed by atoms with Crippen molar-refractivity contribution >= 4 is 0 Å². The van der Waals surface area contributed by atoms with Crippen LogP contribution in [0.15, 0.2) is 12.4 Å². The molecule has 0 saturated carbocycles. The van der Waals surface area contributed by atoms with E-state index >= 15 is 0 Å². The van der Waals surface area contributed by atoms with E-state index in [0.29, 0.717) is 5.92 Å². The maximum Gasteiger partial charge on any atom is 0.111 e. The molecule has 62 valence electrons. The summed E-state index contributed by atoms with van der Waals surface area (Å²) in [5.41, 5.74) is 0. The van der Waals surface area contributed by atoms with Crippen LogP contribution in [-0.2, 0) is 7.05 Å². The zero-order chi connectivity index (χ0) is 8.27. The van der Waals surface area contributed by atoms with Crippen LogP contribution in [0, 0.1) is 0 Å². The highest BCUT2D eigenvalue weighted by molar-refractivity contribution is 4.98. The second-order valence-corrected chi connectivity index (χ2v) is 2.91. The average molecular weight is 152 g/mol. The minimum Gasteiger partial charge on any atom is -0.338 e. The third-order valence-corrected chi connectivity index (χ3v) is 2.21. The van der Waals surface area contributed by atoms with Crippen LogP contribution in [0.3, 0.4) is 0 Å². The Morgan fingerprint density at radius 2 is 2.09 bits per heavy atom. The van der Waals surface area contributed by atoms with Crippen molar-refractivity contribution in [3.63, 3.8) is 0 Å². The number of rotatable bonds is 3. The first-order valence-electron chi connectivity index (χ1n) is 4.26. The van der Waals surface area contributed by atoms with Crippen LogP contribution in [0.1, 0.15) is 38.4 Å². The first kappa shape index (κ1) is 8.31. The lowest BCUT2D eigenvalue weighted by Crippen LogP contribution is -2.03. The zero-order valence-corrected chi connectivity index (χ0v) is 7.54. The van der Waals surface area contributed by atoms with E-state index in [1.165, 1.54) is 18.7 Å². The maximum absolute atomic E-state index is 4.32. The summed E-state index contributed by atoms with van der Waals surface area (Å²) in [5.74, 6) is 1.85. The van der Waals surface area contributed by atoms with Crippen LogP contribution in [0.5, 0.6) is 0 Å². The Morgan fingerprint density at radius 3 is 2.45 bits per heavy atom. The molecule has 1 aromatic heterocycles. The molecule has 0 amide bonds. The number of hydrogen-bond donors (Lipinski definition) is 0. The van der Waals surface area contributed by atoms with Gasteiger partial charge in [0.2, 0.25) is 0 Å². The van der Waals surface area contributed by atoms with Crippen molar-refractivity contribution in [1.29, 1.82) is 0 Å². The van der Waals surface area contributed by atoms with Crippen molar-refractivity contribution in [2.75, 3.05) is 0 Å². The molecule has 0 aliphatic rings. The molecule has 0 saturated heterocycles. The van der Waals surface area contributed by atoms with E-state index in [0.717, 1.165) is 0 Å². The minimum atomic E-state index is 0.634. The SMILES string of the molecule is CCC(CC)c1nccn1C. The van der Waals surface area contributed by atoms with Crippen LogP contribution < -0.4 is 0 Å². The van der Waals surface area contributed by atoms with Gasteiger partial charge in [0.05, 0.1) is 0 Å². The zero-order valence-electron chi connectivity index (χ0n) is 7.54. The highest BCUT2D eigenvalue weighted by Crippen LogP contribution is 2.19. The summed E-state index contributed by atoms with van der Waals surface area (Å²) < 4.78 is 2.11. The van der Waals surface area contributed by atoms with Gasteiger partial charge in [-0.2, -0.15) is 0 Å². The van der Waals surface area contributed by atoms with Crippen molar-refractivity contribution in [3.05, 3.63) is 18.2 Å². The highest BCUT2D eigenvalue weighted by atomic mass is 15.0. The summed E-state index contributed by atoms with van der Waals surface area (Å²) in [6.07, 6.45) is 6.24. The van der Waals surface area contributed by atoms with Crippen molar-refractivity contribution in [2.45, 2.75) is 32.6 Å². The van der Waals surface area contributed by atoms with Gasteiger partial charge < -0.3 is 4.57 Å².